The molecule has 1 unspecified atom stereocenters. The van der Waals surface area contributed by atoms with Crippen molar-refractivity contribution in [3.8, 4) is 0 Å². The first kappa shape index (κ1) is 15.3. The van der Waals surface area contributed by atoms with Gasteiger partial charge in [0.25, 0.3) is 0 Å². The van der Waals surface area contributed by atoms with E-state index in [1.165, 1.54) is 17.7 Å². The summed E-state index contributed by atoms with van der Waals surface area (Å²) in [5.74, 6) is 0. The molecule has 1 aliphatic heterocycles. The lowest BCUT2D eigenvalue weighted by Gasteiger charge is -2.28. The summed E-state index contributed by atoms with van der Waals surface area (Å²) >= 11 is 1.78. The number of amides is 2. The summed E-state index contributed by atoms with van der Waals surface area (Å²) in [5.41, 5.74) is 0. The SMILES string of the molecule is CCN(CC)C(=O)NCC(c1cccs1)N1CCCC1. The third-order valence-corrected chi connectivity index (χ3v) is 4.92. The van der Waals surface area contributed by atoms with Crippen LogP contribution in [0.5, 0.6) is 0 Å². The van der Waals surface area contributed by atoms with Crippen LogP contribution in [-0.2, 0) is 0 Å². The topological polar surface area (TPSA) is 35.6 Å². The van der Waals surface area contributed by atoms with E-state index < -0.39 is 0 Å². The summed E-state index contributed by atoms with van der Waals surface area (Å²) in [6, 6.07) is 4.65. The van der Waals surface area contributed by atoms with Crippen molar-refractivity contribution in [3.63, 3.8) is 0 Å². The minimum Gasteiger partial charge on any atom is -0.336 e. The third kappa shape index (κ3) is 3.73. The maximum absolute atomic E-state index is 12.1. The zero-order valence-corrected chi connectivity index (χ0v) is 13.3. The average molecular weight is 295 g/mol. The van der Waals surface area contributed by atoms with Crippen LogP contribution in [0.2, 0.25) is 0 Å². The predicted octanol–water partition coefficient (Wildman–Crippen LogP) is 2.94. The molecule has 2 rings (SSSR count). The van der Waals surface area contributed by atoms with Gasteiger partial charge in [-0.05, 0) is 51.2 Å². The zero-order chi connectivity index (χ0) is 14.4. The van der Waals surface area contributed by atoms with Crippen LogP contribution in [-0.4, -0.2) is 48.6 Å². The Morgan fingerprint density at radius 2 is 2.10 bits per heavy atom. The number of nitrogens with one attached hydrogen (secondary N) is 1. The van der Waals surface area contributed by atoms with Crippen LogP contribution in [0.25, 0.3) is 0 Å². The van der Waals surface area contributed by atoms with Gasteiger partial charge in [0.1, 0.15) is 0 Å². The monoisotopic (exact) mass is 295 g/mol. The van der Waals surface area contributed by atoms with Gasteiger partial charge in [-0.15, -0.1) is 11.3 Å². The lowest BCUT2D eigenvalue weighted by molar-refractivity contribution is 0.193. The molecule has 2 amide bonds. The molecule has 0 aliphatic carbocycles. The van der Waals surface area contributed by atoms with Gasteiger partial charge in [0.05, 0.1) is 6.04 Å². The number of hydrogen-bond acceptors (Lipinski definition) is 3. The summed E-state index contributed by atoms with van der Waals surface area (Å²) in [5, 5.41) is 5.22. The maximum atomic E-state index is 12.1. The molecule has 1 fully saturated rings. The van der Waals surface area contributed by atoms with E-state index in [2.05, 4.69) is 27.7 Å². The van der Waals surface area contributed by atoms with Crippen molar-refractivity contribution in [3.05, 3.63) is 22.4 Å². The average Bonchev–Trinajstić information content (AvgIpc) is 3.13. The van der Waals surface area contributed by atoms with Gasteiger partial charge in [-0.1, -0.05) is 6.07 Å². The number of likely N-dealkylation sites (tertiary alicyclic amines) is 1. The van der Waals surface area contributed by atoms with E-state index in [-0.39, 0.29) is 6.03 Å². The number of urea groups is 1. The van der Waals surface area contributed by atoms with Crippen molar-refractivity contribution < 1.29 is 4.79 Å². The molecule has 0 bridgehead atoms. The van der Waals surface area contributed by atoms with E-state index in [0.29, 0.717) is 12.6 Å². The smallest absolute Gasteiger partial charge is 0.317 e. The van der Waals surface area contributed by atoms with Crippen LogP contribution >= 0.6 is 11.3 Å². The molecule has 1 atom stereocenters. The fourth-order valence-corrected chi connectivity index (χ4v) is 3.61. The second kappa shape index (κ2) is 7.64. The fourth-order valence-electron chi connectivity index (χ4n) is 2.75. The van der Waals surface area contributed by atoms with Gasteiger partial charge in [-0.2, -0.15) is 0 Å². The minimum atomic E-state index is 0.0516. The first-order valence-corrected chi connectivity index (χ1v) is 8.44. The van der Waals surface area contributed by atoms with Gasteiger partial charge in [-0.25, -0.2) is 4.79 Å². The molecule has 1 N–H and O–H groups in total. The Balaban J connectivity index is 1.96. The highest BCUT2D eigenvalue weighted by atomic mass is 32.1. The highest BCUT2D eigenvalue weighted by molar-refractivity contribution is 7.10. The number of rotatable bonds is 6. The lowest BCUT2D eigenvalue weighted by Crippen LogP contribution is -2.43. The molecule has 1 aliphatic rings. The number of thiophene rings is 1. The van der Waals surface area contributed by atoms with E-state index in [4.69, 9.17) is 0 Å². The molecule has 5 heteroatoms. The largest absolute Gasteiger partial charge is 0.336 e. The van der Waals surface area contributed by atoms with Crippen molar-refractivity contribution in [2.75, 3.05) is 32.7 Å². The van der Waals surface area contributed by atoms with Crippen LogP contribution < -0.4 is 5.32 Å². The molecule has 0 spiro atoms. The molecule has 0 aromatic carbocycles. The molecule has 0 radical (unpaired) electrons. The number of carbonyl (C=O) groups is 1. The molecule has 1 aromatic rings. The Bertz CT molecular complexity index is 397. The summed E-state index contributed by atoms with van der Waals surface area (Å²) in [6.45, 7) is 8.54. The molecule has 1 saturated heterocycles. The zero-order valence-electron chi connectivity index (χ0n) is 12.5. The van der Waals surface area contributed by atoms with Crippen molar-refractivity contribution in [2.24, 2.45) is 0 Å². The van der Waals surface area contributed by atoms with Crippen LogP contribution in [0.15, 0.2) is 17.5 Å². The van der Waals surface area contributed by atoms with Gasteiger partial charge in [0.2, 0.25) is 0 Å². The van der Waals surface area contributed by atoms with Crippen LogP contribution in [0.3, 0.4) is 0 Å². The molecule has 20 heavy (non-hydrogen) atoms. The Hall–Kier alpha value is -1.07. The summed E-state index contributed by atoms with van der Waals surface area (Å²) < 4.78 is 0. The fraction of sp³-hybridized carbons (Fsp3) is 0.667. The lowest BCUT2D eigenvalue weighted by atomic mass is 10.2. The summed E-state index contributed by atoms with van der Waals surface area (Å²) in [6.07, 6.45) is 2.54. The van der Waals surface area contributed by atoms with Crippen molar-refractivity contribution in [1.29, 1.82) is 0 Å². The molecule has 4 nitrogen and oxygen atoms in total. The third-order valence-electron chi connectivity index (χ3n) is 3.95. The number of hydrogen-bond donors (Lipinski definition) is 1. The minimum absolute atomic E-state index is 0.0516. The van der Waals surface area contributed by atoms with Crippen LogP contribution in [0.1, 0.15) is 37.6 Å². The standard InChI is InChI=1S/C15H25N3OS/c1-3-17(4-2)15(19)16-12-13(14-8-7-11-20-14)18-9-5-6-10-18/h7-8,11,13H,3-6,9-10,12H2,1-2H3,(H,16,19). The van der Waals surface area contributed by atoms with E-state index >= 15 is 0 Å². The summed E-state index contributed by atoms with van der Waals surface area (Å²) in [4.78, 5) is 17.8. The molecule has 112 valence electrons. The van der Waals surface area contributed by atoms with Gasteiger partial charge in [0.15, 0.2) is 0 Å². The second-order valence-electron chi connectivity index (χ2n) is 5.13. The Morgan fingerprint density at radius 3 is 2.65 bits per heavy atom. The van der Waals surface area contributed by atoms with Gasteiger partial charge >= 0.3 is 6.03 Å². The van der Waals surface area contributed by atoms with Crippen molar-refractivity contribution in [1.82, 2.24) is 15.1 Å². The van der Waals surface area contributed by atoms with E-state index in [1.807, 2.05) is 18.7 Å². The molecule has 0 saturated carbocycles. The van der Waals surface area contributed by atoms with Gasteiger partial charge in [0, 0.05) is 24.5 Å². The highest BCUT2D eigenvalue weighted by Crippen LogP contribution is 2.27. The summed E-state index contributed by atoms with van der Waals surface area (Å²) in [7, 11) is 0. The molecule has 2 heterocycles. The maximum Gasteiger partial charge on any atom is 0.317 e. The number of nitrogens with zero attached hydrogens (tertiary/aromatic N) is 2. The molecular formula is C15H25N3OS. The molecule has 1 aromatic heterocycles. The molecular weight excluding hydrogens is 270 g/mol. The number of carbonyl (C=O) groups excluding carboxylic acids is 1. The first-order chi connectivity index (χ1) is 9.76. The van der Waals surface area contributed by atoms with E-state index in [9.17, 15) is 4.79 Å². The van der Waals surface area contributed by atoms with Gasteiger partial charge in [-0.3, -0.25) is 4.90 Å². The predicted molar refractivity (Wildman–Crippen MR) is 84.2 cm³/mol. The van der Waals surface area contributed by atoms with Crippen molar-refractivity contribution in [2.45, 2.75) is 32.7 Å². The second-order valence-corrected chi connectivity index (χ2v) is 6.11. The van der Waals surface area contributed by atoms with Crippen LogP contribution in [0, 0.1) is 0 Å². The van der Waals surface area contributed by atoms with Gasteiger partial charge < -0.3 is 10.2 Å². The van der Waals surface area contributed by atoms with Crippen molar-refractivity contribution >= 4 is 17.4 Å². The Labute approximate surface area is 125 Å². The first-order valence-electron chi connectivity index (χ1n) is 7.56. The van der Waals surface area contributed by atoms with Crippen LogP contribution in [0.4, 0.5) is 4.79 Å². The Kier molecular flexibility index (Phi) is 5.86. The quantitative estimate of drug-likeness (QED) is 0.876. The normalized spacial score (nSPS) is 17.1. The highest BCUT2D eigenvalue weighted by Gasteiger charge is 2.25. The van der Waals surface area contributed by atoms with E-state index in [0.717, 1.165) is 26.2 Å². The Morgan fingerprint density at radius 1 is 1.40 bits per heavy atom. The van der Waals surface area contributed by atoms with E-state index in [1.54, 1.807) is 11.3 Å².